The first-order valence-corrected chi connectivity index (χ1v) is 9.33. The molecule has 1 aromatic heterocycles. The summed E-state index contributed by atoms with van der Waals surface area (Å²) in [6.45, 7) is 7.78. The number of fused-ring (bicyclic) bond motifs is 2. The molecule has 5 nitrogen and oxygen atoms in total. The Morgan fingerprint density at radius 1 is 1.18 bits per heavy atom. The fourth-order valence-electron chi connectivity index (χ4n) is 3.86. The van der Waals surface area contributed by atoms with Crippen molar-refractivity contribution in [2.75, 3.05) is 11.6 Å². The van der Waals surface area contributed by atoms with Crippen LogP contribution in [0, 0.1) is 12.7 Å². The Balaban J connectivity index is 1.67. The maximum Gasteiger partial charge on any atom is 0.149 e. The van der Waals surface area contributed by atoms with Crippen LogP contribution < -0.4 is 21.0 Å². The molecule has 0 saturated heterocycles. The molecule has 28 heavy (non-hydrogen) atoms. The summed E-state index contributed by atoms with van der Waals surface area (Å²) in [6, 6.07) is 11.4. The van der Waals surface area contributed by atoms with Crippen LogP contribution in [-0.2, 0) is 13.0 Å². The molecule has 3 heterocycles. The summed E-state index contributed by atoms with van der Waals surface area (Å²) in [6.07, 6.45) is 2.89. The Labute approximate surface area is 161 Å². The lowest BCUT2D eigenvalue weighted by Gasteiger charge is -2.23. The van der Waals surface area contributed by atoms with Gasteiger partial charge in [-0.25, -0.2) is 9.40 Å². The number of benzene rings is 2. The zero-order chi connectivity index (χ0) is 19.3. The molecule has 3 aromatic rings. The van der Waals surface area contributed by atoms with Crippen LogP contribution in [0.15, 0.2) is 53.8 Å². The summed E-state index contributed by atoms with van der Waals surface area (Å²) in [5.41, 5.74) is 6.20. The molecule has 6 heteroatoms. The fraction of sp³-hybridized carbons (Fsp3) is 0.182. The van der Waals surface area contributed by atoms with Crippen LogP contribution in [-0.4, -0.2) is 16.7 Å². The molecular weight excluding hydrogens is 353 g/mol. The third-order valence-electron chi connectivity index (χ3n) is 5.32. The first kappa shape index (κ1) is 16.9. The number of rotatable bonds is 2. The van der Waals surface area contributed by atoms with E-state index in [1.54, 1.807) is 11.1 Å². The normalized spacial score (nSPS) is 15.5. The van der Waals surface area contributed by atoms with Crippen LogP contribution in [0.1, 0.15) is 16.7 Å². The fourth-order valence-corrected chi connectivity index (χ4v) is 3.86. The summed E-state index contributed by atoms with van der Waals surface area (Å²) >= 11 is 0. The van der Waals surface area contributed by atoms with Crippen molar-refractivity contribution in [2.45, 2.75) is 19.9 Å². The van der Waals surface area contributed by atoms with Crippen molar-refractivity contribution < 1.29 is 4.39 Å². The standard InChI is InChI=1S/C22H20FN5/c1-13-4-3-5-18(23)22(13)28-14(2)10-19-21(27-28)20(26-25-19)16-7-6-15-8-9-24-12-17(15)11-16/h3-7,10-11,24-25H,2,8-9,12H2,1H3. The van der Waals surface area contributed by atoms with Gasteiger partial charge in [0.1, 0.15) is 22.6 Å². The number of aromatic amines is 1. The largest absolute Gasteiger partial charge is 0.312 e. The number of aryl methyl sites for hydroxylation is 1. The average Bonchev–Trinajstić information content (AvgIpc) is 3.10. The van der Waals surface area contributed by atoms with Crippen molar-refractivity contribution in [3.05, 3.63) is 81.9 Å². The first-order chi connectivity index (χ1) is 13.6. The highest BCUT2D eigenvalue weighted by molar-refractivity contribution is 5.68. The number of aromatic nitrogens is 2. The van der Waals surface area contributed by atoms with Gasteiger partial charge < -0.3 is 5.32 Å². The highest BCUT2D eigenvalue weighted by atomic mass is 19.1. The Bertz CT molecular complexity index is 1200. The predicted molar refractivity (Wildman–Crippen MR) is 107 cm³/mol. The zero-order valence-electron chi connectivity index (χ0n) is 15.6. The van der Waals surface area contributed by atoms with Crippen LogP contribution >= 0.6 is 0 Å². The predicted octanol–water partition coefficient (Wildman–Crippen LogP) is 2.52. The van der Waals surface area contributed by atoms with E-state index in [1.807, 2.05) is 19.1 Å². The second kappa shape index (κ2) is 6.42. The SMILES string of the molecule is C=C1C=c2[nH]nc(-c3ccc4c(c3)CNCC4)c2=NN1c1c(C)cccc1F. The summed E-state index contributed by atoms with van der Waals surface area (Å²) < 4.78 is 14.5. The lowest BCUT2D eigenvalue weighted by Crippen LogP contribution is -2.35. The van der Waals surface area contributed by atoms with Gasteiger partial charge in [0.2, 0.25) is 0 Å². The molecule has 2 N–H and O–H groups in total. The topological polar surface area (TPSA) is 56.3 Å². The quantitative estimate of drug-likeness (QED) is 0.726. The zero-order valence-corrected chi connectivity index (χ0v) is 15.6. The molecule has 2 aliphatic rings. The highest BCUT2D eigenvalue weighted by Crippen LogP contribution is 2.28. The van der Waals surface area contributed by atoms with Crippen molar-refractivity contribution in [3.8, 4) is 11.3 Å². The molecule has 0 amide bonds. The van der Waals surface area contributed by atoms with E-state index in [0.717, 1.165) is 41.7 Å². The van der Waals surface area contributed by atoms with Crippen molar-refractivity contribution in [3.63, 3.8) is 0 Å². The summed E-state index contributed by atoms with van der Waals surface area (Å²) in [4.78, 5) is 0. The molecule has 0 atom stereocenters. The van der Waals surface area contributed by atoms with Gasteiger partial charge in [-0.3, -0.25) is 5.10 Å². The van der Waals surface area contributed by atoms with Gasteiger partial charge in [-0.2, -0.15) is 10.2 Å². The highest BCUT2D eigenvalue weighted by Gasteiger charge is 2.21. The molecule has 5 rings (SSSR count). The minimum Gasteiger partial charge on any atom is -0.312 e. The molecule has 0 unspecified atom stereocenters. The van der Waals surface area contributed by atoms with Crippen molar-refractivity contribution in [1.82, 2.24) is 15.5 Å². The van der Waals surface area contributed by atoms with Gasteiger partial charge in [-0.15, -0.1) is 0 Å². The van der Waals surface area contributed by atoms with Crippen molar-refractivity contribution in [1.29, 1.82) is 0 Å². The van der Waals surface area contributed by atoms with E-state index in [2.05, 4.69) is 40.3 Å². The average molecular weight is 373 g/mol. The molecular formula is C22H20FN5. The Kier molecular flexibility index (Phi) is 3.87. The van der Waals surface area contributed by atoms with Crippen LogP contribution in [0.2, 0.25) is 0 Å². The Morgan fingerprint density at radius 2 is 2.07 bits per heavy atom. The van der Waals surface area contributed by atoms with E-state index < -0.39 is 0 Å². The van der Waals surface area contributed by atoms with E-state index in [1.165, 1.54) is 17.2 Å². The van der Waals surface area contributed by atoms with Gasteiger partial charge >= 0.3 is 0 Å². The van der Waals surface area contributed by atoms with E-state index in [-0.39, 0.29) is 5.82 Å². The smallest absolute Gasteiger partial charge is 0.149 e. The number of allylic oxidation sites excluding steroid dienone is 1. The lowest BCUT2D eigenvalue weighted by atomic mass is 9.97. The molecule has 0 aliphatic carbocycles. The second-order valence-corrected chi connectivity index (χ2v) is 7.20. The summed E-state index contributed by atoms with van der Waals surface area (Å²) in [5, 5.41) is 18.7. The third kappa shape index (κ3) is 2.65. The van der Waals surface area contributed by atoms with Gasteiger partial charge in [0.25, 0.3) is 0 Å². The third-order valence-corrected chi connectivity index (χ3v) is 5.32. The number of hydrogen-bond acceptors (Lipinski definition) is 4. The summed E-state index contributed by atoms with van der Waals surface area (Å²) in [5.74, 6) is -0.327. The number of H-pyrrole nitrogens is 1. The number of hydrogen-bond donors (Lipinski definition) is 2. The second-order valence-electron chi connectivity index (χ2n) is 7.20. The van der Waals surface area contributed by atoms with E-state index >= 15 is 0 Å². The van der Waals surface area contributed by atoms with Crippen LogP contribution in [0.5, 0.6) is 0 Å². The van der Waals surface area contributed by atoms with Gasteiger partial charge in [-0.1, -0.05) is 30.8 Å². The minimum absolute atomic E-state index is 0.327. The maximum absolute atomic E-state index is 14.5. The van der Waals surface area contributed by atoms with Gasteiger partial charge in [-0.05, 0) is 54.8 Å². The number of anilines is 1. The molecule has 2 aromatic carbocycles. The molecule has 0 bridgehead atoms. The van der Waals surface area contributed by atoms with Gasteiger partial charge in [0.05, 0.1) is 11.0 Å². The monoisotopic (exact) mass is 373 g/mol. The molecule has 0 spiro atoms. The summed E-state index contributed by atoms with van der Waals surface area (Å²) in [7, 11) is 0. The number of nitrogens with zero attached hydrogens (tertiary/aromatic N) is 3. The first-order valence-electron chi connectivity index (χ1n) is 9.33. The van der Waals surface area contributed by atoms with Gasteiger partial charge in [0, 0.05) is 12.1 Å². The van der Waals surface area contributed by atoms with Crippen molar-refractivity contribution >= 4 is 11.8 Å². The molecule has 0 saturated carbocycles. The van der Waals surface area contributed by atoms with Crippen LogP contribution in [0.4, 0.5) is 10.1 Å². The number of nitrogens with one attached hydrogen (secondary N) is 2. The lowest BCUT2D eigenvalue weighted by molar-refractivity contribution is 0.622. The van der Waals surface area contributed by atoms with Crippen molar-refractivity contribution in [2.24, 2.45) is 5.10 Å². The van der Waals surface area contributed by atoms with Crippen LogP contribution in [0.25, 0.3) is 17.3 Å². The minimum atomic E-state index is -0.327. The molecule has 2 aliphatic heterocycles. The van der Waals surface area contributed by atoms with Gasteiger partial charge in [0.15, 0.2) is 0 Å². The van der Waals surface area contributed by atoms with E-state index in [4.69, 9.17) is 5.10 Å². The van der Waals surface area contributed by atoms with E-state index in [0.29, 0.717) is 16.7 Å². The Hall–Kier alpha value is -3.25. The molecule has 0 fully saturated rings. The number of para-hydroxylation sites is 1. The number of halogens is 1. The van der Waals surface area contributed by atoms with Crippen LogP contribution in [0.3, 0.4) is 0 Å². The Morgan fingerprint density at radius 3 is 2.93 bits per heavy atom. The van der Waals surface area contributed by atoms with E-state index in [9.17, 15) is 4.39 Å². The molecule has 140 valence electrons. The molecule has 0 radical (unpaired) electrons. The maximum atomic E-state index is 14.5.